The van der Waals surface area contributed by atoms with Crippen molar-refractivity contribution in [2.45, 2.75) is 12.5 Å². The molecule has 110 valence electrons. The van der Waals surface area contributed by atoms with Crippen LogP contribution in [0.2, 0.25) is 0 Å². The predicted octanol–water partition coefficient (Wildman–Crippen LogP) is 1.14. The Morgan fingerprint density at radius 1 is 1.25 bits per heavy atom. The molecule has 0 aliphatic carbocycles. The summed E-state index contributed by atoms with van der Waals surface area (Å²) < 4.78 is 10.1. The molecule has 1 atom stereocenters. The van der Waals surface area contributed by atoms with Gasteiger partial charge in [-0.05, 0) is 11.6 Å². The van der Waals surface area contributed by atoms with Gasteiger partial charge in [-0.2, -0.15) is 0 Å². The molecule has 0 bridgehead atoms. The van der Waals surface area contributed by atoms with Gasteiger partial charge in [-0.1, -0.05) is 18.2 Å². The van der Waals surface area contributed by atoms with E-state index < -0.39 is 0 Å². The van der Waals surface area contributed by atoms with E-state index in [-0.39, 0.29) is 11.9 Å². The van der Waals surface area contributed by atoms with Gasteiger partial charge in [0.05, 0.1) is 13.2 Å². The van der Waals surface area contributed by atoms with Gasteiger partial charge >= 0.3 is 0 Å². The summed E-state index contributed by atoms with van der Waals surface area (Å²) in [6, 6.07) is 7.87. The maximum atomic E-state index is 12.6. The average molecular weight is 278 g/mol. The Labute approximate surface area is 119 Å². The highest BCUT2D eigenvalue weighted by atomic mass is 16.5. The third-order valence-electron chi connectivity index (χ3n) is 3.51. The lowest BCUT2D eigenvalue weighted by Crippen LogP contribution is -2.45. The van der Waals surface area contributed by atoms with Crippen LogP contribution in [-0.4, -0.2) is 57.4 Å². The molecule has 1 heterocycles. The molecule has 5 nitrogen and oxygen atoms in total. The van der Waals surface area contributed by atoms with Crippen molar-refractivity contribution in [2.24, 2.45) is 0 Å². The Kier molecular flexibility index (Phi) is 5.38. The van der Waals surface area contributed by atoms with Crippen molar-refractivity contribution in [1.82, 2.24) is 4.90 Å². The molecule has 1 aromatic carbocycles. The first-order valence-corrected chi connectivity index (χ1v) is 6.87. The van der Waals surface area contributed by atoms with E-state index in [1.807, 2.05) is 18.2 Å². The molecule has 20 heavy (non-hydrogen) atoms. The maximum Gasteiger partial charge on any atom is 0.245 e. The van der Waals surface area contributed by atoms with Crippen LogP contribution in [0, 0.1) is 0 Å². The first-order chi connectivity index (χ1) is 9.76. The molecule has 0 fully saturated rings. The lowest BCUT2D eigenvalue weighted by Gasteiger charge is -2.25. The minimum Gasteiger partial charge on any atom is -0.383 e. The SMILES string of the molecule is COCCN(CCOC)C(=O)[C@@H]1Cc2ccccc2N1. The molecule has 0 saturated carbocycles. The standard InChI is InChI=1S/C15H22N2O3/c1-19-9-7-17(8-10-20-2)15(18)14-11-12-5-3-4-6-13(12)16-14/h3-6,14,16H,7-11H2,1-2H3/t14-/m0/s1. The third kappa shape index (κ3) is 3.49. The number of nitrogens with zero attached hydrogens (tertiary/aromatic N) is 1. The van der Waals surface area contributed by atoms with Gasteiger partial charge in [-0.15, -0.1) is 0 Å². The fourth-order valence-corrected chi connectivity index (χ4v) is 2.40. The van der Waals surface area contributed by atoms with E-state index in [0.717, 1.165) is 12.1 Å². The fourth-order valence-electron chi connectivity index (χ4n) is 2.40. The molecule has 1 N–H and O–H groups in total. The smallest absolute Gasteiger partial charge is 0.245 e. The molecule has 1 aromatic rings. The second-order valence-corrected chi connectivity index (χ2v) is 4.87. The summed E-state index contributed by atoms with van der Waals surface area (Å²) in [7, 11) is 3.28. The summed E-state index contributed by atoms with van der Waals surface area (Å²) in [5.74, 6) is 0.107. The third-order valence-corrected chi connectivity index (χ3v) is 3.51. The quantitative estimate of drug-likeness (QED) is 0.813. The van der Waals surface area contributed by atoms with Crippen LogP contribution < -0.4 is 5.32 Å². The molecule has 1 amide bonds. The number of carbonyl (C=O) groups is 1. The highest BCUT2D eigenvalue weighted by molar-refractivity contribution is 5.87. The van der Waals surface area contributed by atoms with E-state index in [2.05, 4.69) is 11.4 Å². The molecular weight excluding hydrogens is 256 g/mol. The van der Waals surface area contributed by atoms with Crippen LogP contribution in [0.1, 0.15) is 5.56 Å². The van der Waals surface area contributed by atoms with Crippen molar-refractivity contribution >= 4 is 11.6 Å². The highest BCUT2D eigenvalue weighted by Gasteiger charge is 2.29. The molecule has 0 saturated heterocycles. The second-order valence-electron chi connectivity index (χ2n) is 4.87. The molecule has 0 unspecified atom stereocenters. The molecular formula is C15H22N2O3. The number of nitrogens with one attached hydrogen (secondary N) is 1. The summed E-state index contributed by atoms with van der Waals surface area (Å²) in [4.78, 5) is 14.4. The number of methoxy groups -OCH3 is 2. The van der Waals surface area contributed by atoms with E-state index in [1.165, 1.54) is 5.56 Å². The largest absolute Gasteiger partial charge is 0.383 e. The van der Waals surface area contributed by atoms with Crippen LogP contribution in [-0.2, 0) is 20.7 Å². The van der Waals surface area contributed by atoms with Gasteiger partial charge < -0.3 is 19.7 Å². The van der Waals surface area contributed by atoms with Crippen LogP contribution >= 0.6 is 0 Å². The monoisotopic (exact) mass is 278 g/mol. The van der Waals surface area contributed by atoms with Crippen molar-refractivity contribution in [3.05, 3.63) is 29.8 Å². The van der Waals surface area contributed by atoms with E-state index >= 15 is 0 Å². The zero-order chi connectivity index (χ0) is 14.4. The number of hydrogen-bond acceptors (Lipinski definition) is 4. The van der Waals surface area contributed by atoms with Crippen molar-refractivity contribution in [3.8, 4) is 0 Å². The van der Waals surface area contributed by atoms with Crippen molar-refractivity contribution in [3.63, 3.8) is 0 Å². The van der Waals surface area contributed by atoms with Crippen LogP contribution in [0.25, 0.3) is 0 Å². The topological polar surface area (TPSA) is 50.8 Å². The van der Waals surface area contributed by atoms with E-state index in [1.54, 1.807) is 19.1 Å². The molecule has 0 radical (unpaired) electrons. The first-order valence-electron chi connectivity index (χ1n) is 6.87. The number of fused-ring (bicyclic) bond motifs is 1. The number of anilines is 1. The van der Waals surface area contributed by atoms with Gasteiger partial charge in [0.25, 0.3) is 0 Å². The number of rotatable bonds is 7. The van der Waals surface area contributed by atoms with Crippen LogP contribution in [0.5, 0.6) is 0 Å². The van der Waals surface area contributed by atoms with Gasteiger partial charge in [-0.25, -0.2) is 0 Å². The number of hydrogen-bond donors (Lipinski definition) is 1. The Hall–Kier alpha value is -1.59. The van der Waals surface area contributed by atoms with Gasteiger partial charge in [-0.3, -0.25) is 4.79 Å². The minimum atomic E-state index is -0.180. The molecule has 0 aromatic heterocycles. The number of ether oxygens (including phenoxy) is 2. The summed E-state index contributed by atoms with van der Waals surface area (Å²) in [5, 5.41) is 3.29. The number of benzene rings is 1. The second kappa shape index (κ2) is 7.26. The minimum absolute atomic E-state index is 0.107. The van der Waals surface area contributed by atoms with E-state index in [4.69, 9.17) is 9.47 Å². The Balaban J connectivity index is 1.98. The summed E-state index contributed by atoms with van der Waals surface area (Å²) in [6.45, 7) is 2.25. The molecule has 5 heteroatoms. The Bertz CT molecular complexity index is 417. The predicted molar refractivity (Wildman–Crippen MR) is 77.9 cm³/mol. The fraction of sp³-hybridized carbons (Fsp3) is 0.533. The Morgan fingerprint density at radius 3 is 2.50 bits per heavy atom. The zero-order valence-corrected chi connectivity index (χ0v) is 12.1. The van der Waals surface area contributed by atoms with Gasteiger partial charge in [0.2, 0.25) is 5.91 Å². The van der Waals surface area contributed by atoms with Crippen molar-refractivity contribution in [1.29, 1.82) is 0 Å². The van der Waals surface area contributed by atoms with Crippen LogP contribution in [0.3, 0.4) is 0 Å². The lowest BCUT2D eigenvalue weighted by molar-refractivity contribution is -0.133. The number of amides is 1. The summed E-state index contributed by atoms with van der Waals surface area (Å²) >= 11 is 0. The van der Waals surface area contributed by atoms with Gasteiger partial charge in [0.15, 0.2) is 0 Å². The van der Waals surface area contributed by atoms with E-state index in [0.29, 0.717) is 26.3 Å². The zero-order valence-electron chi connectivity index (χ0n) is 12.1. The Morgan fingerprint density at radius 2 is 1.90 bits per heavy atom. The van der Waals surface area contributed by atoms with Crippen molar-refractivity contribution in [2.75, 3.05) is 45.8 Å². The van der Waals surface area contributed by atoms with Gasteiger partial charge in [0.1, 0.15) is 6.04 Å². The summed E-state index contributed by atoms with van der Waals surface area (Å²) in [5.41, 5.74) is 2.26. The molecule has 0 spiro atoms. The molecule has 2 rings (SSSR count). The van der Waals surface area contributed by atoms with Crippen molar-refractivity contribution < 1.29 is 14.3 Å². The maximum absolute atomic E-state index is 12.6. The van der Waals surface area contributed by atoms with E-state index in [9.17, 15) is 4.79 Å². The number of carbonyl (C=O) groups excluding carboxylic acids is 1. The van der Waals surface area contributed by atoms with Gasteiger partial charge in [0, 0.05) is 39.4 Å². The van der Waals surface area contributed by atoms with Crippen LogP contribution in [0.4, 0.5) is 5.69 Å². The lowest BCUT2D eigenvalue weighted by atomic mass is 10.1. The summed E-state index contributed by atoms with van der Waals surface area (Å²) in [6.07, 6.45) is 0.742. The normalized spacial score (nSPS) is 16.6. The molecule has 1 aliphatic rings. The number of para-hydroxylation sites is 1. The molecule has 1 aliphatic heterocycles. The first kappa shape index (κ1) is 14.8. The average Bonchev–Trinajstić information content (AvgIpc) is 2.90. The highest BCUT2D eigenvalue weighted by Crippen LogP contribution is 2.25. The van der Waals surface area contributed by atoms with Crippen LogP contribution in [0.15, 0.2) is 24.3 Å².